The van der Waals surface area contributed by atoms with Gasteiger partial charge in [0.25, 0.3) is 0 Å². The van der Waals surface area contributed by atoms with Gasteiger partial charge in [0, 0.05) is 18.0 Å². The van der Waals surface area contributed by atoms with Crippen LogP contribution < -0.4 is 0 Å². The quantitative estimate of drug-likeness (QED) is 0.760. The smallest absolute Gasteiger partial charge is 0.159 e. The van der Waals surface area contributed by atoms with Gasteiger partial charge in [0.1, 0.15) is 6.07 Å². The van der Waals surface area contributed by atoms with E-state index in [0.29, 0.717) is 11.4 Å². The molecule has 0 saturated carbocycles. The zero-order valence-electron chi connectivity index (χ0n) is 11.1. The molecule has 0 radical (unpaired) electrons. The normalized spacial score (nSPS) is 10.1. The van der Waals surface area contributed by atoms with Crippen molar-refractivity contribution in [3.63, 3.8) is 0 Å². The summed E-state index contributed by atoms with van der Waals surface area (Å²) >= 11 is 0. The van der Waals surface area contributed by atoms with Gasteiger partial charge < -0.3 is 0 Å². The van der Waals surface area contributed by atoms with Gasteiger partial charge in [0.05, 0.1) is 5.56 Å². The molecular formula is C16H17N3. The number of rotatable bonds is 5. The third-order valence-corrected chi connectivity index (χ3v) is 3.06. The maximum absolute atomic E-state index is 8.71. The first-order valence-electron chi connectivity index (χ1n) is 6.65. The number of nitriles is 1. The third kappa shape index (κ3) is 3.62. The summed E-state index contributed by atoms with van der Waals surface area (Å²) in [4.78, 5) is 8.38. The van der Waals surface area contributed by atoms with Gasteiger partial charge in [-0.2, -0.15) is 5.26 Å². The van der Waals surface area contributed by atoms with Crippen molar-refractivity contribution in [1.29, 1.82) is 5.26 Å². The Morgan fingerprint density at radius 1 is 1.05 bits per heavy atom. The monoisotopic (exact) mass is 251 g/mol. The highest BCUT2D eigenvalue weighted by Crippen LogP contribution is 2.16. The lowest BCUT2D eigenvalue weighted by Gasteiger charge is -2.03. The Bertz CT molecular complexity index is 550. The number of hydrogen-bond donors (Lipinski definition) is 0. The first-order valence-corrected chi connectivity index (χ1v) is 6.65. The lowest BCUT2D eigenvalue weighted by Crippen LogP contribution is -1.91. The standard InChI is InChI=1S/C16H17N3/c1-2-3-4-5-13-6-8-15(9-7-13)16-18-11-14(10-17)12-19-16/h6-9,11-12H,2-5H2,1H3. The maximum Gasteiger partial charge on any atom is 0.159 e. The van der Waals surface area contributed by atoms with E-state index in [9.17, 15) is 0 Å². The topological polar surface area (TPSA) is 49.6 Å². The van der Waals surface area contributed by atoms with Gasteiger partial charge in [-0.15, -0.1) is 0 Å². The van der Waals surface area contributed by atoms with Gasteiger partial charge in [0.15, 0.2) is 5.82 Å². The maximum atomic E-state index is 8.71. The van der Waals surface area contributed by atoms with Crippen molar-refractivity contribution < 1.29 is 0 Å². The summed E-state index contributed by atoms with van der Waals surface area (Å²) in [6.07, 6.45) is 8.00. The zero-order valence-corrected chi connectivity index (χ0v) is 11.1. The van der Waals surface area contributed by atoms with Crippen LogP contribution >= 0.6 is 0 Å². The Balaban J connectivity index is 2.07. The molecule has 0 aliphatic heterocycles. The van der Waals surface area contributed by atoms with Gasteiger partial charge >= 0.3 is 0 Å². The lowest BCUT2D eigenvalue weighted by molar-refractivity contribution is 0.717. The summed E-state index contributed by atoms with van der Waals surface area (Å²) in [5.41, 5.74) is 2.83. The summed E-state index contributed by atoms with van der Waals surface area (Å²) in [5.74, 6) is 0.666. The Hall–Kier alpha value is -2.21. The number of unbranched alkanes of at least 4 members (excludes halogenated alkanes) is 2. The summed E-state index contributed by atoms with van der Waals surface area (Å²) in [6.45, 7) is 2.21. The van der Waals surface area contributed by atoms with Crippen LogP contribution in [0.5, 0.6) is 0 Å². The predicted octanol–water partition coefficient (Wildman–Crippen LogP) is 3.75. The minimum absolute atomic E-state index is 0.486. The molecule has 0 atom stereocenters. The van der Waals surface area contributed by atoms with Crippen molar-refractivity contribution in [3.05, 3.63) is 47.8 Å². The van der Waals surface area contributed by atoms with Gasteiger partial charge in [-0.3, -0.25) is 0 Å². The van der Waals surface area contributed by atoms with E-state index in [1.165, 1.54) is 24.8 Å². The average Bonchev–Trinajstić information content (AvgIpc) is 2.48. The van der Waals surface area contributed by atoms with Crippen molar-refractivity contribution in [2.75, 3.05) is 0 Å². The lowest BCUT2D eigenvalue weighted by atomic mass is 10.1. The number of aryl methyl sites for hydroxylation is 1. The van der Waals surface area contributed by atoms with Gasteiger partial charge in [-0.1, -0.05) is 44.0 Å². The van der Waals surface area contributed by atoms with E-state index in [1.54, 1.807) is 12.4 Å². The molecule has 1 aromatic carbocycles. The number of benzene rings is 1. The van der Waals surface area contributed by atoms with Crippen LogP contribution in [0.4, 0.5) is 0 Å². The van der Waals surface area contributed by atoms with Gasteiger partial charge in [-0.25, -0.2) is 9.97 Å². The summed E-state index contributed by atoms with van der Waals surface area (Å²) in [5, 5.41) is 8.71. The molecule has 0 fully saturated rings. The summed E-state index contributed by atoms with van der Waals surface area (Å²) in [6, 6.07) is 10.4. The Labute approximate surface area is 114 Å². The molecule has 0 aliphatic carbocycles. The van der Waals surface area contributed by atoms with Crippen LogP contribution in [0, 0.1) is 11.3 Å². The van der Waals surface area contributed by atoms with E-state index in [1.807, 2.05) is 18.2 Å². The number of nitrogens with zero attached hydrogens (tertiary/aromatic N) is 3. The molecule has 0 amide bonds. The van der Waals surface area contributed by atoms with Crippen LogP contribution in [-0.4, -0.2) is 9.97 Å². The number of aromatic nitrogens is 2. The van der Waals surface area contributed by atoms with Crippen LogP contribution in [0.15, 0.2) is 36.7 Å². The van der Waals surface area contributed by atoms with E-state index >= 15 is 0 Å². The van der Waals surface area contributed by atoms with Crippen LogP contribution in [0.25, 0.3) is 11.4 Å². The minimum atomic E-state index is 0.486. The van der Waals surface area contributed by atoms with Crippen LogP contribution in [0.1, 0.15) is 37.3 Å². The molecule has 0 unspecified atom stereocenters. The van der Waals surface area contributed by atoms with Crippen molar-refractivity contribution >= 4 is 0 Å². The molecule has 2 rings (SSSR count). The second kappa shape index (κ2) is 6.65. The molecule has 1 heterocycles. The van der Waals surface area contributed by atoms with E-state index in [4.69, 9.17) is 5.26 Å². The Morgan fingerprint density at radius 2 is 1.74 bits per heavy atom. The molecule has 3 nitrogen and oxygen atoms in total. The summed E-state index contributed by atoms with van der Waals surface area (Å²) < 4.78 is 0. The molecule has 19 heavy (non-hydrogen) atoms. The van der Waals surface area contributed by atoms with E-state index in [0.717, 1.165) is 12.0 Å². The minimum Gasteiger partial charge on any atom is -0.235 e. The van der Waals surface area contributed by atoms with Crippen molar-refractivity contribution in [1.82, 2.24) is 9.97 Å². The number of hydrogen-bond acceptors (Lipinski definition) is 3. The van der Waals surface area contributed by atoms with Crippen LogP contribution in [0.3, 0.4) is 0 Å². The molecule has 0 N–H and O–H groups in total. The SMILES string of the molecule is CCCCCc1ccc(-c2ncc(C#N)cn2)cc1. The molecule has 0 aliphatic rings. The van der Waals surface area contributed by atoms with E-state index < -0.39 is 0 Å². The van der Waals surface area contributed by atoms with E-state index in [-0.39, 0.29) is 0 Å². The fraction of sp³-hybridized carbons (Fsp3) is 0.312. The second-order valence-electron chi connectivity index (χ2n) is 4.56. The molecule has 96 valence electrons. The fourth-order valence-corrected chi connectivity index (χ4v) is 1.93. The van der Waals surface area contributed by atoms with E-state index in [2.05, 4.69) is 29.0 Å². The van der Waals surface area contributed by atoms with Gasteiger partial charge in [0.2, 0.25) is 0 Å². The zero-order chi connectivity index (χ0) is 13.5. The molecular weight excluding hydrogens is 234 g/mol. The fourth-order valence-electron chi connectivity index (χ4n) is 1.93. The summed E-state index contributed by atoms with van der Waals surface area (Å²) in [7, 11) is 0. The van der Waals surface area contributed by atoms with Crippen molar-refractivity contribution in [2.45, 2.75) is 32.6 Å². The largest absolute Gasteiger partial charge is 0.235 e. The molecule has 0 saturated heterocycles. The molecule has 0 bridgehead atoms. The first-order chi connectivity index (χ1) is 9.33. The van der Waals surface area contributed by atoms with Crippen molar-refractivity contribution in [2.24, 2.45) is 0 Å². The Kier molecular flexibility index (Phi) is 4.63. The highest BCUT2D eigenvalue weighted by molar-refractivity contribution is 5.55. The molecule has 3 heteroatoms. The molecule has 1 aromatic heterocycles. The third-order valence-electron chi connectivity index (χ3n) is 3.06. The predicted molar refractivity (Wildman–Crippen MR) is 75.4 cm³/mol. The second-order valence-corrected chi connectivity index (χ2v) is 4.56. The molecule has 0 spiro atoms. The van der Waals surface area contributed by atoms with Gasteiger partial charge in [-0.05, 0) is 18.4 Å². The molecule has 2 aromatic rings. The average molecular weight is 251 g/mol. The van der Waals surface area contributed by atoms with Crippen LogP contribution in [0.2, 0.25) is 0 Å². The first kappa shape index (κ1) is 13.2. The van der Waals surface area contributed by atoms with Crippen LogP contribution in [-0.2, 0) is 6.42 Å². The van der Waals surface area contributed by atoms with Crippen molar-refractivity contribution in [3.8, 4) is 17.5 Å². The Morgan fingerprint density at radius 3 is 2.32 bits per heavy atom. The highest BCUT2D eigenvalue weighted by Gasteiger charge is 2.01. The highest BCUT2D eigenvalue weighted by atomic mass is 14.9.